The van der Waals surface area contributed by atoms with E-state index in [-0.39, 0.29) is 6.61 Å². The number of anilines is 4. The summed E-state index contributed by atoms with van der Waals surface area (Å²) < 4.78 is 11.1. The smallest absolute Gasteiger partial charge is 0.312 e. The van der Waals surface area contributed by atoms with Crippen LogP contribution in [0.15, 0.2) is 54.7 Å². The van der Waals surface area contributed by atoms with Crippen molar-refractivity contribution < 1.29 is 19.4 Å². The van der Waals surface area contributed by atoms with Gasteiger partial charge in [0.25, 0.3) is 0 Å². The predicted molar refractivity (Wildman–Crippen MR) is 132 cm³/mol. The van der Waals surface area contributed by atoms with Crippen LogP contribution >= 0.6 is 0 Å². The van der Waals surface area contributed by atoms with E-state index in [1.165, 1.54) is 0 Å². The minimum Gasteiger partial charge on any atom is -0.490 e. The molecule has 34 heavy (non-hydrogen) atoms. The van der Waals surface area contributed by atoms with Gasteiger partial charge in [-0.15, -0.1) is 0 Å². The van der Waals surface area contributed by atoms with E-state index in [9.17, 15) is 9.90 Å². The summed E-state index contributed by atoms with van der Waals surface area (Å²) in [6.45, 7) is 6.50. The summed E-state index contributed by atoms with van der Waals surface area (Å²) in [5.41, 5.74) is 9.10. The molecule has 4 rings (SSSR count). The average Bonchev–Trinajstić information content (AvgIpc) is 2.84. The Kier molecular flexibility index (Phi) is 6.83. The van der Waals surface area contributed by atoms with Crippen LogP contribution in [-0.2, 0) is 9.53 Å². The van der Waals surface area contributed by atoms with E-state index in [1.54, 1.807) is 38.2 Å². The van der Waals surface area contributed by atoms with E-state index >= 15 is 0 Å². The largest absolute Gasteiger partial charge is 0.490 e. The van der Waals surface area contributed by atoms with Gasteiger partial charge >= 0.3 is 5.97 Å². The zero-order valence-electron chi connectivity index (χ0n) is 19.3. The van der Waals surface area contributed by atoms with Gasteiger partial charge in [-0.3, -0.25) is 4.79 Å². The van der Waals surface area contributed by atoms with Gasteiger partial charge in [0.2, 0.25) is 5.95 Å². The first kappa shape index (κ1) is 23.3. The number of rotatable bonds is 8. The first-order valence-electron chi connectivity index (χ1n) is 11.1. The van der Waals surface area contributed by atoms with E-state index < -0.39 is 11.4 Å². The van der Waals surface area contributed by atoms with Gasteiger partial charge in [0.15, 0.2) is 0 Å². The number of carboxylic acids is 1. The van der Waals surface area contributed by atoms with E-state index in [2.05, 4.69) is 32.3 Å². The lowest BCUT2D eigenvalue weighted by molar-refractivity contribution is -0.148. The molecule has 1 aliphatic rings. The van der Waals surface area contributed by atoms with Gasteiger partial charge in [-0.05, 0) is 62.4 Å². The molecule has 0 atom stereocenters. The van der Waals surface area contributed by atoms with Crippen LogP contribution in [0.2, 0.25) is 0 Å². The van der Waals surface area contributed by atoms with Crippen LogP contribution in [0.1, 0.15) is 13.8 Å². The number of nitrogens with one attached hydrogen (secondary N) is 1. The first-order valence-corrected chi connectivity index (χ1v) is 11.1. The van der Waals surface area contributed by atoms with Crippen LogP contribution in [0.25, 0.3) is 11.3 Å². The van der Waals surface area contributed by atoms with Gasteiger partial charge in [0, 0.05) is 36.2 Å². The predicted octanol–water partition coefficient (Wildman–Crippen LogP) is 3.80. The minimum atomic E-state index is -1.02. The number of hydrogen-bond acceptors (Lipinski definition) is 8. The Bertz CT molecular complexity index is 1140. The molecule has 9 nitrogen and oxygen atoms in total. The second-order valence-corrected chi connectivity index (χ2v) is 8.77. The monoisotopic (exact) mass is 463 g/mol. The molecule has 1 aromatic heterocycles. The molecule has 0 unspecified atom stereocenters. The fraction of sp³-hybridized carbons (Fsp3) is 0.320. The summed E-state index contributed by atoms with van der Waals surface area (Å²) in [6.07, 6.45) is 1.68. The van der Waals surface area contributed by atoms with Crippen LogP contribution in [0.5, 0.6) is 5.75 Å². The number of carbonyl (C=O) groups is 1. The highest BCUT2D eigenvalue weighted by Gasteiger charge is 2.28. The van der Waals surface area contributed by atoms with Crippen LogP contribution in [-0.4, -0.2) is 54.0 Å². The van der Waals surface area contributed by atoms with Gasteiger partial charge in [-0.1, -0.05) is 0 Å². The van der Waals surface area contributed by atoms with Crippen molar-refractivity contribution in [2.75, 3.05) is 48.9 Å². The third kappa shape index (κ3) is 5.55. The molecule has 2 heterocycles. The summed E-state index contributed by atoms with van der Waals surface area (Å²) in [7, 11) is 0. The van der Waals surface area contributed by atoms with Crippen LogP contribution in [0.4, 0.5) is 23.0 Å². The average molecular weight is 464 g/mol. The normalized spacial score (nSPS) is 14.0. The molecule has 0 bridgehead atoms. The fourth-order valence-corrected chi connectivity index (χ4v) is 3.45. The number of aliphatic carboxylic acids is 1. The molecule has 0 aliphatic carbocycles. The standard InChI is InChI=1S/C25H29N5O4/c1-25(2,23(31)32)16-34-22-8-3-17(15-20(22)26)21-9-10-27-24(29-21)28-18-4-6-19(7-5-18)30-11-13-33-14-12-30/h3-10,15H,11-14,16,26H2,1-2H3,(H,31,32)(H,27,28,29). The number of carboxylic acid groups (broad SMARTS) is 1. The van der Waals surface area contributed by atoms with Crippen molar-refractivity contribution in [2.45, 2.75) is 13.8 Å². The molecule has 9 heteroatoms. The highest BCUT2D eigenvalue weighted by atomic mass is 16.5. The number of hydrogen-bond donors (Lipinski definition) is 3. The van der Waals surface area contributed by atoms with Crippen molar-refractivity contribution in [3.63, 3.8) is 0 Å². The Labute approximate surface area is 198 Å². The summed E-state index contributed by atoms with van der Waals surface area (Å²) in [5, 5.41) is 12.5. The molecular formula is C25H29N5O4. The zero-order chi connectivity index (χ0) is 24.1. The lowest BCUT2D eigenvalue weighted by Gasteiger charge is -2.28. The molecule has 3 aromatic rings. The Morgan fingerprint density at radius 3 is 2.59 bits per heavy atom. The highest BCUT2D eigenvalue weighted by Crippen LogP contribution is 2.30. The molecule has 0 spiro atoms. The summed E-state index contributed by atoms with van der Waals surface area (Å²) in [6, 6.07) is 15.3. The van der Waals surface area contributed by atoms with Crippen molar-refractivity contribution in [2.24, 2.45) is 5.41 Å². The molecule has 4 N–H and O–H groups in total. The van der Waals surface area contributed by atoms with Gasteiger partial charge in [0.05, 0.1) is 30.0 Å². The number of aromatic nitrogens is 2. The van der Waals surface area contributed by atoms with Crippen molar-refractivity contribution >= 4 is 29.0 Å². The Balaban J connectivity index is 1.44. The molecule has 2 aromatic carbocycles. The molecule has 0 saturated carbocycles. The topological polar surface area (TPSA) is 123 Å². The van der Waals surface area contributed by atoms with Crippen molar-refractivity contribution in [3.8, 4) is 17.0 Å². The fourth-order valence-electron chi connectivity index (χ4n) is 3.45. The number of nitrogen functional groups attached to an aromatic ring is 1. The molecule has 0 amide bonds. The number of morpholine rings is 1. The third-order valence-electron chi connectivity index (χ3n) is 5.63. The van der Waals surface area contributed by atoms with Crippen molar-refractivity contribution in [1.29, 1.82) is 0 Å². The van der Waals surface area contributed by atoms with Gasteiger partial charge in [0.1, 0.15) is 12.4 Å². The number of ether oxygens (including phenoxy) is 2. The molecular weight excluding hydrogens is 434 g/mol. The second kappa shape index (κ2) is 9.96. The molecule has 1 saturated heterocycles. The molecule has 178 valence electrons. The Morgan fingerprint density at radius 2 is 1.91 bits per heavy atom. The summed E-state index contributed by atoms with van der Waals surface area (Å²) in [4.78, 5) is 22.5. The van der Waals surface area contributed by atoms with E-state index in [0.717, 1.165) is 43.2 Å². The van der Waals surface area contributed by atoms with E-state index in [4.69, 9.17) is 15.2 Å². The maximum Gasteiger partial charge on any atom is 0.312 e. The molecule has 1 aliphatic heterocycles. The lowest BCUT2D eigenvalue weighted by atomic mass is 9.95. The van der Waals surface area contributed by atoms with Gasteiger partial charge < -0.3 is 30.5 Å². The SMILES string of the molecule is CC(C)(COc1ccc(-c2ccnc(Nc3ccc(N4CCOCC4)cc3)n2)cc1N)C(=O)O. The second-order valence-electron chi connectivity index (χ2n) is 8.77. The van der Waals surface area contributed by atoms with Crippen molar-refractivity contribution in [1.82, 2.24) is 9.97 Å². The maximum absolute atomic E-state index is 11.3. The summed E-state index contributed by atoms with van der Waals surface area (Å²) in [5.74, 6) is -0.0241. The Morgan fingerprint density at radius 1 is 1.18 bits per heavy atom. The van der Waals surface area contributed by atoms with Crippen LogP contribution in [0.3, 0.4) is 0 Å². The third-order valence-corrected chi connectivity index (χ3v) is 5.63. The maximum atomic E-state index is 11.3. The molecule has 0 radical (unpaired) electrons. The first-order chi connectivity index (χ1) is 16.3. The number of benzene rings is 2. The Hall–Kier alpha value is -3.85. The van der Waals surface area contributed by atoms with Crippen LogP contribution < -0.4 is 20.7 Å². The molecule has 1 fully saturated rings. The van der Waals surface area contributed by atoms with Gasteiger partial charge in [-0.2, -0.15) is 0 Å². The minimum absolute atomic E-state index is 0.0117. The quantitative estimate of drug-likeness (QED) is 0.428. The van der Waals surface area contributed by atoms with E-state index in [1.807, 2.05) is 18.2 Å². The van der Waals surface area contributed by atoms with E-state index in [0.29, 0.717) is 23.1 Å². The number of nitrogens with two attached hydrogens (primary N) is 1. The van der Waals surface area contributed by atoms with Gasteiger partial charge in [-0.25, -0.2) is 9.97 Å². The van der Waals surface area contributed by atoms with Crippen molar-refractivity contribution in [3.05, 3.63) is 54.7 Å². The van der Waals surface area contributed by atoms with Crippen LogP contribution in [0, 0.1) is 5.41 Å². The highest BCUT2D eigenvalue weighted by molar-refractivity contribution is 5.74. The lowest BCUT2D eigenvalue weighted by Crippen LogP contribution is -2.36. The number of nitrogens with zero attached hydrogens (tertiary/aromatic N) is 3. The zero-order valence-corrected chi connectivity index (χ0v) is 19.3. The summed E-state index contributed by atoms with van der Waals surface area (Å²) >= 11 is 0.